The van der Waals surface area contributed by atoms with Gasteiger partial charge in [-0.15, -0.1) is 0 Å². The molecule has 0 aliphatic heterocycles. The summed E-state index contributed by atoms with van der Waals surface area (Å²) >= 11 is 18.9. The van der Waals surface area contributed by atoms with Gasteiger partial charge in [0.05, 0.1) is 14.2 Å². The lowest BCUT2D eigenvalue weighted by molar-refractivity contribution is 0.284. The second-order valence-corrected chi connectivity index (χ2v) is 8.04. The zero-order valence-corrected chi connectivity index (χ0v) is 19.7. The number of hydrogen-bond donors (Lipinski definition) is 1. The van der Waals surface area contributed by atoms with Crippen LogP contribution in [-0.2, 0) is 19.6 Å². The molecule has 0 aromatic heterocycles. The van der Waals surface area contributed by atoms with Crippen molar-refractivity contribution in [3.05, 3.63) is 86.4 Å². The Labute approximate surface area is 198 Å². The molecule has 0 aliphatic carbocycles. The van der Waals surface area contributed by atoms with Gasteiger partial charge in [0.15, 0.2) is 11.5 Å². The van der Waals surface area contributed by atoms with E-state index >= 15 is 0 Å². The van der Waals surface area contributed by atoms with Crippen molar-refractivity contribution in [3.8, 4) is 17.2 Å². The Balaban J connectivity index is 1.62. The maximum Gasteiger partial charge on any atom is 0.163 e. The largest absolute Gasteiger partial charge is 0.496 e. The van der Waals surface area contributed by atoms with E-state index in [4.69, 9.17) is 49.0 Å². The Kier molecular flexibility index (Phi) is 8.73. The van der Waals surface area contributed by atoms with Gasteiger partial charge in [-0.2, -0.15) is 0 Å². The van der Waals surface area contributed by atoms with Gasteiger partial charge in [-0.05, 0) is 48.4 Å². The number of benzene rings is 3. The van der Waals surface area contributed by atoms with Gasteiger partial charge in [-0.1, -0.05) is 59.1 Å². The Hall–Kier alpha value is -2.11. The first-order chi connectivity index (χ1) is 15.0. The van der Waals surface area contributed by atoms with Gasteiger partial charge >= 0.3 is 0 Å². The van der Waals surface area contributed by atoms with Gasteiger partial charge in [0.2, 0.25) is 0 Å². The van der Waals surface area contributed by atoms with Gasteiger partial charge in [-0.3, -0.25) is 0 Å². The first kappa shape index (κ1) is 23.6. The Morgan fingerprint density at radius 3 is 2.16 bits per heavy atom. The minimum absolute atomic E-state index is 0.210. The van der Waals surface area contributed by atoms with E-state index < -0.39 is 0 Å². The van der Waals surface area contributed by atoms with Gasteiger partial charge in [0, 0.05) is 33.2 Å². The Bertz CT molecular complexity index is 1010. The molecule has 0 saturated heterocycles. The fraction of sp³-hybridized carbons (Fsp3) is 0.250. The number of para-hydroxylation sites is 1. The van der Waals surface area contributed by atoms with Crippen LogP contribution < -0.4 is 19.5 Å². The smallest absolute Gasteiger partial charge is 0.163 e. The van der Waals surface area contributed by atoms with E-state index in [9.17, 15) is 0 Å². The molecule has 4 nitrogen and oxygen atoms in total. The van der Waals surface area contributed by atoms with E-state index in [0.29, 0.717) is 38.7 Å². The quantitative estimate of drug-likeness (QED) is 0.333. The highest BCUT2D eigenvalue weighted by molar-refractivity contribution is 6.36. The van der Waals surface area contributed by atoms with Crippen LogP contribution in [0.3, 0.4) is 0 Å². The van der Waals surface area contributed by atoms with Gasteiger partial charge < -0.3 is 19.5 Å². The molecular weight excluding hydrogens is 457 g/mol. The zero-order chi connectivity index (χ0) is 22.2. The van der Waals surface area contributed by atoms with Crippen LogP contribution in [0.15, 0.2) is 54.6 Å². The lowest BCUT2D eigenvalue weighted by Crippen LogP contribution is -2.17. The third kappa shape index (κ3) is 6.20. The summed E-state index contributed by atoms with van der Waals surface area (Å²) in [4.78, 5) is 0. The highest BCUT2D eigenvalue weighted by Crippen LogP contribution is 2.35. The molecule has 0 heterocycles. The molecule has 3 aromatic rings. The molecule has 0 atom stereocenters. The average Bonchev–Trinajstić information content (AvgIpc) is 2.77. The van der Waals surface area contributed by atoms with E-state index in [1.54, 1.807) is 38.5 Å². The Morgan fingerprint density at radius 2 is 1.45 bits per heavy atom. The van der Waals surface area contributed by atoms with Crippen LogP contribution in [0.5, 0.6) is 17.2 Å². The maximum absolute atomic E-state index is 6.50. The van der Waals surface area contributed by atoms with Crippen molar-refractivity contribution in [1.29, 1.82) is 0 Å². The van der Waals surface area contributed by atoms with Crippen molar-refractivity contribution in [3.63, 3.8) is 0 Å². The Morgan fingerprint density at radius 1 is 0.742 bits per heavy atom. The summed E-state index contributed by atoms with van der Waals surface area (Å²) in [7, 11) is 3.28. The molecule has 0 spiro atoms. The minimum Gasteiger partial charge on any atom is -0.496 e. The summed E-state index contributed by atoms with van der Waals surface area (Å²) in [6, 6.07) is 17.0. The second-order valence-electron chi connectivity index (χ2n) is 6.82. The van der Waals surface area contributed by atoms with Crippen molar-refractivity contribution in [2.75, 3.05) is 20.8 Å². The lowest BCUT2D eigenvalue weighted by Gasteiger charge is -2.15. The first-order valence-electron chi connectivity index (χ1n) is 9.78. The van der Waals surface area contributed by atoms with E-state index in [1.165, 1.54) is 0 Å². The van der Waals surface area contributed by atoms with Crippen molar-refractivity contribution >= 4 is 34.8 Å². The lowest BCUT2D eigenvalue weighted by atomic mass is 10.1. The van der Waals surface area contributed by atoms with Crippen LogP contribution in [0.2, 0.25) is 15.1 Å². The minimum atomic E-state index is 0.210. The summed E-state index contributed by atoms with van der Waals surface area (Å²) in [5.41, 5.74) is 2.79. The van der Waals surface area contributed by atoms with Crippen LogP contribution in [0.4, 0.5) is 0 Å². The topological polar surface area (TPSA) is 39.7 Å². The number of nitrogens with one attached hydrogen (secondary N) is 1. The van der Waals surface area contributed by atoms with Crippen molar-refractivity contribution < 1.29 is 14.2 Å². The molecule has 0 saturated carbocycles. The standard InChI is InChI=1S/C24H24Cl3NO3/c1-29-22-9-4-3-6-16(22)10-11-28-14-17-12-23(30-2)24(13-21(17)27)31-15-18-19(25)7-5-8-20(18)26/h3-9,12-13,28H,10-11,14-15H2,1-2H3. The fourth-order valence-corrected chi connectivity index (χ4v) is 3.89. The normalized spacial score (nSPS) is 10.7. The van der Waals surface area contributed by atoms with Crippen molar-refractivity contribution in [1.82, 2.24) is 5.32 Å². The average molecular weight is 481 g/mol. The molecular formula is C24H24Cl3NO3. The van der Waals surface area contributed by atoms with Gasteiger partial charge in [0.25, 0.3) is 0 Å². The third-order valence-electron chi connectivity index (χ3n) is 4.85. The zero-order valence-electron chi connectivity index (χ0n) is 17.4. The highest BCUT2D eigenvalue weighted by Gasteiger charge is 2.13. The van der Waals surface area contributed by atoms with E-state index in [2.05, 4.69) is 11.4 Å². The number of methoxy groups -OCH3 is 2. The predicted molar refractivity (Wildman–Crippen MR) is 127 cm³/mol. The molecule has 0 aliphatic rings. The van der Waals surface area contributed by atoms with Crippen LogP contribution in [-0.4, -0.2) is 20.8 Å². The fourth-order valence-electron chi connectivity index (χ4n) is 3.16. The highest BCUT2D eigenvalue weighted by atomic mass is 35.5. The van der Waals surface area contributed by atoms with E-state index in [-0.39, 0.29) is 6.61 Å². The first-order valence-corrected chi connectivity index (χ1v) is 10.9. The van der Waals surface area contributed by atoms with Gasteiger partial charge in [-0.25, -0.2) is 0 Å². The molecule has 164 valence electrons. The third-order valence-corrected chi connectivity index (χ3v) is 5.91. The van der Waals surface area contributed by atoms with Crippen LogP contribution in [0, 0.1) is 0 Å². The molecule has 31 heavy (non-hydrogen) atoms. The molecule has 7 heteroatoms. The molecule has 0 unspecified atom stereocenters. The van der Waals surface area contributed by atoms with Crippen LogP contribution in [0.1, 0.15) is 16.7 Å². The number of hydrogen-bond acceptors (Lipinski definition) is 4. The van der Waals surface area contributed by atoms with Crippen molar-refractivity contribution in [2.24, 2.45) is 0 Å². The number of ether oxygens (including phenoxy) is 3. The summed E-state index contributed by atoms with van der Waals surface area (Å²) < 4.78 is 16.8. The van der Waals surface area contributed by atoms with E-state index in [1.807, 2.05) is 24.3 Å². The number of rotatable bonds is 10. The second kappa shape index (κ2) is 11.5. The maximum atomic E-state index is 6.50. The predicted octanol–water partition coefficient (Wildman–Crippen LogP) is 6.58. The summed E-state index contributed by atoms with van der Waals surface area (Å²) in [5.74, 6) is 2.01. The SMILES string of the molecule is COc1ccccc1CCNCc1cc(OC)c(OCc2c(Cl)cccc2Cl)cc1Cl. The molecule has 0 radical (unpaired) electrons. The van der Waals surface area contributed by atoms with Gasteiger partial charge in [0.1, 0.15) is 12.4 Å². The van der Waals surface area contributed by atoms with Crippen molar-refractivity contribution in [2.45, 2.75) is 19.6 Å². The monoisotopic (exact) mass is 479 g/mol. The summed E-state index contributed by atoms with van der Waals surface area (Å²) in [6.45, 7) is 1.59. The molecule has 3 aromatic carbocycles. The molecule has 0 bridgehead atoms. The molecule has 0 fully saturated rings. The van der Waals surface area contributed by atoms with Crippen LogP contribution in [0.25, 0.3) is 0 Å². The van der Waals surface area contributed by atoms with Crippen LogP contribution >= 0.6 is 34.8 Å². The number of halogens is 3. The molecule has 3 rings (SSSR count). The molecule has 0 amide bonds. The molecule has 1 N–H and O–H groups in total. The van der Waals surface area contributed by atoms with E-state index in [0.717, 1.165) is 29.8 Å². The summed E-state index contributed by atoms with van der Waals surface area (Å²) in [6.07, 6.45) is 0.846. The summed E-state index contributed by atoms with van der Waals surface area (Å²) in [5, 5.41) is 5.10.